The SMILES string of the molecule is CCOc1ccc(C(CNC(=O)c2oc3cc(C)c(C)cc3c2C)c2c[nH]c3ccccc23)cc1OC. The summed E-state index contributed by atoms with van der Waals surface area (Å²) in [6.07, 6.45) is 2.02. The van der Waals surface area contributed by atoms with Crippen LogP contribution in [0.3, 0.4) is 0 Å². The molecule has 0 fully saturated rings. The van der Waals surface area contributed by atoms with Gasteiger partial charge in [0.05, 0.1) is 13.7 Å². The second-order valence-corrected chi connectivity index (χ2v) is 9.38. The maximum atomic E-state index is 13.4. The van der Waals surface area contributed by atoms with Gasteiger partial charge in [-0.15, -0.1) is 0 Å². The molecule has 0 aliphatic rings. The number of furan rings is 1. The Morgan fingerprint density at radius 2 is 1.78 bits per heavy atom. The van der Waals surface area contributed by atoms with Gasteiger partial charge in [-0.3, -0.25) is 4.79 Å². The Hall–Kier alpha value is -4.19. The molecule has 1 amide bonds. The number of hydrogen-bond acceptors (Lipinski definition) is 4. The maximum Gasteiger partial charge on any atom is 0.287 e. The number of carbonyl (C=O) groups excluding carboxylic acids is 1. The molecule has 0 saturated carbocycles. The lowest BCUT2D eigenvalue weighted by molar-refractivity contribution is 0.0926. The van der Waals surface area contributed by atoms with Gasteiger partial charge in [0, 0.05) is 40.5 Å². The molecule has 1 unspecified atom stereocenters. The van der Waals surface area contributed by atoms with Crippen molar-refractivity contribution in [1.29, 1.82) is 0 Å². The summed E-state index contributed by atoms with van der Waals surface area (Å²) >= 11 is 0. The first-order valence-corrected chi connectivity index (χ1v) is 12.6. The molecule has 3 aromatic carbocycles. The van der Waals surface area contributed by atoms with E-state index in [-0.39, 0.29) is 11.8 Å². The summed E-state index contributed by atoms with van der Waals surface area (Å²) in [6, 6.07) is 18.2. The van der Waals surface area contributed by atoms with Crippen LogP contribution in [0, 0.1) is 20.8 Å². The number of aryl methyl sites for hydroxylation is 3. The van der Waals surface area contributed by atoms with Crippen molar-refractivity contribution in [3.63, 3.8) is 0 Å². The minimum atomic E-state index is -0.230. The van der Waals surface area contributed by atoms with Crippen LogP contribution in [-0.4, -0.2) is 31.2 Å². The molecule has 1 atom stereocenters. The molecular formula is C31H32N2O4. The molecule has 0 aliphatic heterocycles. The average Bonchev–Trinajstić information content (AvgIpc) is 3.46. The van der Waals surface area contributed by atoms with E-state index in [1.807, 2.05) is 63.4 Å². The number of benzene rings is 3. The zero-order valence-corrected chi connectivity index (χ0v) is 21.9. The van der Waals surface area contributed by atoms with Crippen molar-refractivity contribution in [3.05, 3.63) is 94.4 Å². The minimum Gasteiger partial charge on any atom is -0.493 e. The number of ether oxygens (including phenoxy) is 2. The smallest absolute Gasteiger partial charge is 0.287 e. The van der Waals surface area contributed by atoms with E-state index in [4.69, 9.17) is 13.9 Å². The number of amides is 1. The third-order valence-corrected chi connectivity index (χ3v) is 7.11. The highest BCUT2D eigenvalue weighted by molar-refractivity contribution is 5.99. The lowest BCUT2D eigenvalue weighted by Gasteiger charge is -2.20. The van der Waals surface area contributed by atoms with Gasteiger partial charge in [0.15, 0.2) is 17.3 Å². The van der Waals surface area contributed by atoms with Crippen molar-refractivity contribution >= 4 is 27.8 Å². The van der Waals surface area contributed by atoms with Gasteiger partial charge in [-0.1, -0.05) is 24.3 Å². The highest BCUT2D eigenvalue weighted by Gasteiger charge is 2.23. The molecule has 5 aromatic rings. The Kier molecular flexibility index (Phi) is 6.66. The molecule has 5 rings (SSSR count). The van der Waals surface area contributed by atoms with Crippen LogP contribution in [0.15, 0.2) is 65.2 Å². The monoisotopic (exact) mass is 496 g/mol. The van der Waals surface area contributed by atoms with Gasteiger partial charge in [-0.2, -0.15) is 0 Å². The molecule has 2 heterocycles. The predicted molar refractivity (Wildman–Crippen MR) is 147 cm³/mol. The van der Waals surface area contributed by atoms with Crippen molar-refractivity contribution in [1.82, 2.24) is 10.3 Å². The molecule has 0 bridgehead atoms. The van der Waals surface area contributed by atoms with Crippen LogP contribution in [-0.2, 0) is 0 Å². The van der Waals surface area contributed by atoms with Crippen molar-refractivity contribution in [3.8, 4) is 11.5 Å². The van der Waals surface area contributed by atoms with E-state index in [0.29, 0.717) is 30.4 Å². The highest BCUT2D eigenvalue weighted by atomic mass is 16.5. The van der Waals surface area contributed by atoms with Gasteiger partial charge < -0.3 is 24.2 Å². The van der Waals surface area contributed by atoms with E-state index < -0.39 is 0 Å². The van der Waals surface area contributed by atoms with Gasteiger partial charge in [0.2, 0.25) is 0 Å². The predicted octanol–water partition coefficient (Wildman–Crippen LogP) is 6.81. The molecule has 6 nitrogen and oxygen atoms in total. The quantitative estimate of drug-likeness (QED) is 0.247. The fraction of sp³-hybridized carbons (Fsp3) is 0.258. The summed E-state index contributed by atoms with van der Waals surface area (Å²) in [6.45, 7) is 8.92. The number of para-hydroxylation sites is 1. The summed E-state index contributed by atoms with van der Waals surface area (Å²) in [5.74, 6) is 1.35. The Bertz CT molecular complexity index is 1590. The third kappa shape index (κ3) is 4.55. The maximum absolute atomic E-state index is 13.4. The van der Waals surface area contributed by atoms with E-state index in [2.05, 4.69) is 35.4 Å². The molecule has 2 N–H and O–H groups in total. The number of nitrogens with one attached hydrogen (secondary N) is 2. The first-order chi connectivity index (χ1) is 17.9. The highest BCUT2D eigenvalue weighted by Crippen LogP contribution is 2.36. The first kappa shape index (κ1) is 24.5. The summed E-state index contributed by atoms with van der Waals surface area (Å²) < 4.78 is 17.4. The number of aromatic amines is 1. The number of methoxy groups -OCH3 is 1. The van der Waals surface area contributed by atoms with Crippen molar-refractivity contribution in [2.24, 2.45) is 0 Å². The zero-order chi connectivity index (χ0) is 26.1. The van der Waals surface area contributed by atoms with E-state index in [1.54, 1.807) is 7.11 Å². The van der Waals surface area contributed by atoms with Gasteiger partial charge in [0.25, 0.3) is 5.91 Å². The normalized spacial score (nSPS) is 12.1. The Morgan fingerprint density at radius 3 is 2.57 bits per heavy atom. The van der Waals surface area contributed by atoms with Crippen LogP contribution >= 0.6 is 0 Å². The zero-order valence-electron chi connectivity index (χ0n) is 21.9. The molecule has 0 saturated heterocycles. The summed E-state index contributed by atoms with van der Waals surface area (Å²) in [4.78, 5) is 16.7. The number of H-pyrrole nitrogens is 1. The van der Waals surface area contributed by atoms with Crippen LogP contribution in [0.5, 0.6) is 11.5 Å². The number of aromatic nitrogens is 1. The van der Waals surface area contributed by atoms with Crippen LogP contribution in [0.4, 0.5) is 0 Å². The Labute approximate surface area is 216 Å². The molecule has 190 valence electrons. The number of fused-ring (bicyclic) bond motifs is 2. The largest absolute Gasteiger partial charge is 0.493 e. The van der Waals surface area contributed by atoms with Crippen LogP contribution in [0.1, 0.15) is 51.2 Å². The number of rotatable bonds is 8. The van der Waals surface area contributed by atoms with Gasteiger partial charge in [-0.05, 0) is 80.3 Å². The standard InChI is InChI=1S/C31H32N2O4/c1-6-36-27-12-11-21(15-29(27)35-5)24(25-17-32-26-10-8-7-9-22(25)26)16-33-31(34)30-20(4)23-13-18(2)19(3)14-28(23)37-30/h7-15,17,24,32H,6,16H2,1-5H3,(H,33,34). The van der Waals surface area contributed by atoms with Crippen LogP contribution in [0.25, 0.3) is 21.9 Å². The van der Waals surface area contributed by atoms with E-state index in [0.717, 1.165) is 44.1 Å². The molecular weight excluding hydrogens is 464 g/mol. The Morgan fingerprint density at radius 1 is 1.00 bits per heavy atom. The van der Waals surface area contributed by atoms with Crippen molar-refractivity contribution < 1.29 is 18.7 Å². The van der Waals surface area contributed by atoms with Crippen molar-refractivity contribution in [2.75, 3.05) is 20.3 Å². The van der Waals surface area contributed by atoms with Crippen LogP contribution in [0.2, 0.25) is 0 Å². The van der Waals surface area contributed by atoms with E-state index in [1.165, 1.54) is 5.56 Å². The number of hydrogen-bond donors (Lipinski definition) is 2. The molecule has 0 spiro atoms. The molecule has 0 aliphatic carbocycles. The number of carbonyl (C=O) groups is 1. The second-order valence-electron chi connectivity index (χ2n) is 9.38. The van der Waals surface area contributed by atoms with E-state index >= 15 is 0 Å². The fourth-order valence-electron chi connectivity index (χ4n) is 4.93. The summed E-state index contributed by atoms with van der Waals surface area (Å²) in [5, 5.41) is 5.22. The third-order valence-electron chi connectivity index (χ3n) is 7.11. The average molecular weight is 497 g/mol. The summed E-state index contributed by atoms with van der Waals surface area (Å²) in [7, 11) is 1.64. The molecule has 2 aromatic heterocycles. The van der Waals surface area contributed by atoms with Gasteiger partial charge in [0.1, 0.15) is 5.58 Å². The first-order valence-electron chi connectivity index (χ1n) is 12.6. The van der Waals surface area contributed by atoms with Crippen molar-refractivity contribution in [2.45, 2.75) is 33.6 Å². The fourth-order valence-corrected chi connectivity index (χ4v) is 4.93. The topological polar surface area (TPSA) is 76.5 Å². The van der Waals surface area contributed by atoms with E-state index in [9.17, 15) is 4.79 Å². The van der Waals surface area contributed by atoms with Crippen LogP contribution < -0.4 is 14.8 Å². The minimum absolute atomic E-state index is 0.126. The Balaban J connectivity index is 1.50. The molecule has 0 radical (unpaired) electrons. The van der Waals surface area contributed by atoms with Gasteiger partial charge >= 0.3 is 0 Å². The lowest BCUT2D eigenvalue weighted by atomic mass is 9.90. The summed E-state index contributed by atoms with van der Waals surface area (Å²) in [5.41, 5.74) is 7.04. The molecule has 37 heavy (non-hydrogen) atoms. The van der Waals surface area contributed by atoms with Gasteiger partial charge in [-0.25, -0.2) is 0 Å². The second kappa shape index (κ2) is 10.1. The molecule has 6 heteroatoms. The lowest BCUT2D eigenvalue weighted by Crippen LogP contribution is -2.29.